The van der Waals surface area contributed by atoms with Crippen molar-refractivity contribution in [2.45, 2.75) is 6.92 Å². The Labute approximate surface area is 160 Å². The molecule has 0 aliphatic carbocycles. The van der Waals surface area contributed by atoms with Gasteiger partial charge in [-0.2, -0.15) is 5.10 Å². The number of hydrogen-bond acceptors (Lipinski definition) is 5. The number of benzene rings is 2. The topological polar surface area (TPSA) is 93.8 Å². The molecule has 0 aromatic heterocycles. The molecule has 0 aliphatic heterocycles. The van der Waals surface area contributed by atoms with Crippen LogP contribution in [0.4, 0.5) is 5.69 Å². The molecule has 9 heteroatoms. The number of nitrogens with zero attached hydrogens (tertiary/aromatic N) is 2. The summed E-state index contributed by atoms with van der Waals surface area (Å²) >= 11 is 6.75. The van der Waals surface area contributed by atoms with E-state index in [4.69, 9.17) is 4.74 Å². The second-order valence-electron chi connectivity index (χ2n) is 4.97. The average molecular weight is 471 g/mol. The van der Waals surface area contributed by atoms with Gasteiger partial charge in [0.25, 0.3) is 11.6 Å². The lowest BCUT2D eigenvalue weighted by Gasteiger charge is -2.10. The van der Waals surface area contributed by atoms with E-state index in [9.17, 15) is 14.9 Å². The van der Waals surface area contributed by atoms with Crippen LogP contribution in [0.25, 0.3) is 0 Å². The van der Waals surface area contributed by atoms with Gasteiger partial charge in [0.2, 0.25) is 0 Å². The van der Waals surface area contributed by atoms with Crippen molar-refractivity contribution in [3.8, 4) is 5.75 Å². The lowest BCUT2D eigenvalue weighted by molar-refractivity contribution is -0.384. The summed E-state index contributed by atoms with van der Waals surface area (Å²) in [5.74, 6) is 0.122. The Morgan fingerprint density at radius 1 is 1.36 bits per heavy atom. The molecule has 1 N–H and O–H groups in total. The number of amides is 1. The van der Waals surface area contributed by atoms with Crippen LogP contribution in [0, 0.1) is 17.0 Å². The van der Waals surface area contributed by atoms with E-state index in [1.165, 1.54) is 24.4 Å². The molecule has 2 rings (SSSR count). The van der Waals surface area contributed by atoms with Crippen LogP contribution in [0.5, 0.6) is 5.75 Å². The number of non-ortho nitro benzene ring substituents is 1. The molecule has 25 heavy (non-hydrogen) atoms. The average Bonchev–Trinajstić information content (AvgIpc) is 2.54. The third-order valence-electron chi connectivity index (χ3n) is 3.03. The van der Waals surface area contributed by atoms with Crippen molar-refractivity contribution in [2.75, 3.05) is 6.61 Å². The van der Waals surface area contributed by atoms with Gasteiger partial charge >= 0.3 is 0 Å². The predicted octanol–water partition coefficient (Wildman–Crippen LogP) is 3.96. The summed E-state index contributed by atoms with van der Waals surface area (Å²) in [6.07, 6.45) is 1.33. The Kier molecular flexibility index (Phi) is 6.65. The summed E-state index contributed by atoms with van der Waals surface area (Å²) in [6.45, 7) is 1.65. The Bertz CT molecular complexity index is 817. The van der Waals surface area contributed by atoms with E-state index in [-0.39, 0.29) is 12.3 Å². The molecule has 0 unspecified atom stereocenters. The molecule has 0 radical (unpaired) electrons. The third-order valence-corrected chi connectivity index (χ3v) is 4.07. The maximum absolute atomic E-state index is 11.8. The fourth-order valence-electron chi connectivity index (χ4n) is 1.94. The number of nitro groups is 1. The maximum Gasteiger partial charge on any atom is 0.277 e. The van der Waals surface area contributed by atoms with E-state index in [1.807, 2.05) is 19.1 Å². The number of carbonyl (C=O) groups excluding carboxylic acids is 1. The summed E-state index contributed by atoms with van der Waals surface area (Å²) < 4.78 is 7.12. The zero-order chi connectivity index (χ0) is 18.4. The Morgan fingerprint density at radius 2 is 2.12 bits per heavy atom. The van der Waals surface area contributed by atoms with Crippen LogP contribution in [0.2, 0.25) is 0 Å². The summed E-state index contributed by atoms with van der Waals surface area (Å²) in [7, 11) is 0. The van der Waals surface area contributed by atoms with Gasteiger partial charge in [-0.25, -0.2) is 5.43 Å². The van der Waals surface area contributed by atoms with Gasteiger partial charge in [0.05, 0.1) is 15.6 Å². The van der Waals surface area contributed by atoms with E-state index in [1.54, 1.807) is 6.07 Å². The molecule has 130 valence electrons. The molecular weight excluding hydrogens is 458 g/mol. The number of hydrazone groups is 1. The Balaban J connectivity index is 1.91. The largest absolute Gasteiger partial charge is 0.482 e. The third kappa shape index (κ3) is 5.64. The van der Waals surface area contributed by atoms with Gasteiger partial charge in [0.15, 0.2) is 6.61 Å². The molecule has 2 aromatic carbocycles. The number of rotatable bonds is 6. The minimum atomic E-state index is -0.498. The van der Waals surface area contributed by atoms with E-state index >= 15 is 0 Å². The van der Waals surface area contributed by atoms with E-state index in [2.05, 4.69) is 42.4 Å². The second kappa shape index (κ2) is 8.72. The van der Waals surface area contributed by atoms with Crippen molar-refractivity contribution >= 4 is 49.7 Å². The first kappa shape index (κ1) is 19.1. The molecule has 0 spiro atoms. The highest BCUT2D eigenvalue weighted by atomic mass is 79.9. The monoisotopic (exact) mass is 469 g/mol. The fourth-order valence-corrected chi connectivity index (χ4v) is 3.49. The normalized spacial score (nSPS) is 10.7. The van der Waals surface area contributed by atoms with Crippen molar-refractivity contribution in [2.24, 2.45) is 5.10 Å². The second-order valence-corrected chi connectivity index (χ2v) is 6.74. The summed E-state index contributed by atoms with van der Waals surface area (Å²) in [5, 5.41) is 14.5. The van der Waals surface area contributed by atoms with Crippen LogP contribution >= 0.6 is 31.9 Å². The number of aryl methyl sites for hydroxylation is 1. The van der Waals surface area contributed by atoms with Crippen LogP contribution in [-0.4, -0.2) is 23.7 Å². The molecule has 0 saturated heterocycles. The first-order chi connectivity index (χ1) is 11.9. The van der Waals surface area contributed by atoms with Gasteiger partial charge < -0.3 is 4.74 Å². The molecule has 0 heterocycles. The van der Waals surface area contributed by atoms with Crippen molar-refractivity contribution < 1.29 is 14.5 Å². The molecular formula is C16H13Br2N3O4. The fraction of sp³-hybridized carbons (Fsp3) is 0.125. The van der Waals surface area contributed by atoms with Crippen LogP contribution in [-0.2, 0) is 4.79 Å². The van der Waals surface area contributed by atoms with Gasteiger partial charge in [-0.15, -0.1) is 0 Å². The standard InChI is InChI=1S/C16H13Br2N3O4/c1-10-5-12(17)7-14(18)16(10)25-9-15(22)20-19-8-11-3-2-4-13(6-11)21(23)24/h2-8H,9H2,1H3,(H,20,22)/b19-8+. The number of halogens is 2. The molecule has 2 aromatic rings. The molecule has 1 amide bonds. The van der Waals surface area contributed by atoms with Crippen molar-refractivity contribution in [3.63, 3.8) is 0 Å². The van der Waals surface area contributed by atoms with Crippen LogP contribution in [0.3, 0.4) is 0 Å². The van der Waals surface area contributed by atoms with E-state index < -0.39 is 10.8 Å². The first-order valence-corrected chi connectivity index (χ1v) is 8.60. The van der Waals surface area contributed by atoms with Crippen LogP contribution in [0.15, 0.2) is 50.4 Å². The van der Waals surface area contributed by atoms with Crippen LogP contribution < -0.4 is 10.2 Å². The van der Waals surface area contributed by atoms with Gasteiger partial charge in [-0.1, -0.05) is 28.1 Å². The molecule has 0 fully saturated rings. The number of carbonyl (C=O) groups is 1. The van der Waals surface area contributed by atoms with Gasteiger partial charge in [-0.3, -0.25) is 14.9 Å². The zero-order valence-corrected chi connectivity index (χ0v) is 16.2. The lowest BCUT2D eigenvalue weighted by Crippen LogP contribution is -2.24. The van der Waals surface area contributed by atoms with Crippen molar-refractivity contribution in [1.29, 1.82) is 0 Å². The summed E-state index contributed by atoms with van der Waals surface area (Å²) in [4.78, 5) is 22.0. The van der Waals surface area contributed by atoms with Crippen LogP contribution in [0.1, 0.15) is 11.1 Å². The van der Waals surface area contributed by atoms with Gasteiger partial charge in [-0.05, 0) is 40.5 Å². The number of nitrogens with one attached hydrogen (secondary N) is 1. The maximum atomic E-state index is 11.8. The minimum Gasteiger partial charge on any atom is -0.482 e. The zero-order valence-electron chi connectivity index (χ0n) is 13.0. The smallest absolute Gasteiger partial charge is 0.277 e. The van der Waals surface area contributed by atoms with E-state index in [0.29, 0.717) is 11.3 Å². The summed E-state index contributed by atoms with van der Waals surface area (Å²) in [5.41, 5.74) is 3.64. The molecule has 0 saturated carbocycles. The first-order valence-electron chi connectivity index (χ1n) is 7.01. The SMILES string of the molecule is Cc1cc(Br)cc(Br)c1OCC(=O)N/N=C/c1cccc([N+](=O)[O-])c1. The number of ether oxygens (including phenoxy) is 1. The van der Waals surface area contributed by atoms with Crippen molar-refractivity contribution in [1.82, 2.24) is 5.43 Å². The van der Waals surface area contributed by atoms with Crippen molar-refractivity contribution in [3.05, 3.63) is 66.6 Å². The summed E-state index contributed by atoms with van der Waals surface area (Å²) in [6, 6.07) is 9.61. The van der Waals surface area contributed by atoms with Gasteiger partial charge in [0, 0.05) is 22.2 Å². The quantitative estimate of drug-likeness (QED) is 0.392. The predicted molar refractivity (Wildman–Crippen MR) is 101 cm³/mol. The van der Waals surface area contributed by atoms with Gasteiger partial charge in [0.1, 0.15) is 5.75 Å². The van der Waals surface area contributed by atoms with E-state index in [0.717, 1.165) is 14.5 Å². The molecule has 0 atom stereocenters. The highest BCUT2D eigenvalue weighted by molar-refractivity contribution is 9.11. The lowest BCUT2D eigenvalue weighted by atomic mass is 10.2. The number of hydrogen-bond donors (Lipinski definition) is 1. The molecule has 0 bridgehead atoms. The Morgan fingerprint density at radius 3 is 2.80 bits per heavy atom. The Hall–Kier alpha value is -2.26. The highest BCUT2D eigenvalue weighted by Gasteiger charge is 2.09. The minimum absolute atomic E-state index is 0.0471. The number of nitro benzene ring substituents is 1. The highest BCUT2D eigenvalue weighted by Crippen LogP contribution is 2.32. The molecule has 7 nitrogen and oxygen atoms in total. The molecule has 0 aliphatic rings.